The number of nitrogens with zero attached hydrogens (tertiary/aromatic N) is 2. The Morgan fingerprint density at radius 2 is 1.90 bits per heavy atom. The van der Waals surface area contributed by atoms with Gasteiger partial charge in [0, 0.05) is 21.7 Å². The minimum absolute atomic E-state index is 0.715. The van der Waals surface area contributed by atoms with E-state index in [0.29, 0.717) is 5.56 Å². The number of halogens is 1. The van der Waals surface area contributed by atoms with E-state index in [-0.39, 0.29) is 0 Å². The lowest BCUT2D eigenvalue weighted by molar-refractivity contribution is 0.877. The number of hydrogen-bond donors (Lipinski definition) is 0. The van der Waals surface area contributed by atoms with E-state index in [1.807, 2.05) is 12.1 Å². The molecular formula is C16H13BrN2S. The maximum absolute atomic E-state index is 9.11. The van der Waals surface area contributed by atoms with Gasteiger partial charge in [-0.2, -0.15) is 5.26 Å². The summed E-state index contributed by atoms with van der Waals surface area (Å²) in [6, 6.07) is 16.6. The maximum Gasteiger partial charge on any atom is 0.0992 e. The first kappa shape index (κ1) is 13.5. The Hall–Kier alpha value is -1.44. The van der Waals surface area contributed by atoms with Crippen molar-refractivity contribution in [2.45, 2.75) is 16.2 Å². The largest absolute Gasteiger partial charge is 0.340 e. The van der Waals surface area contributed by atoms with Crippen molar-refractivity contribution < 1.29 is 0 Å². The van der Waals surface area contributed by atoms with E-state index in [1.165, 1.54) is 15.5 Å². The molecule has 0 aromatic heterocycles. The van der Waals surface area contributed by atoms with Crippen molar-refractivity contribution in [3.05, 3.63) is 48.0 Å². The number of rotatable bonds is 3. The highest BCUT2D eigenvalue weighted by Crippen LogP contribution is 2.48. The highest BCUT2D eigenvalue weighted by Gasteiger charge is 2.22. The van der Waals surface area contributed by atoms with Crippen LogP contribution in [-0.2, 0) is 0 Å². The molecule has 0 N–H and O–H groups in total. The van der Waals surface area contributed by atoms with Gasteiger partial charge in [0.25, 0.3) is 0 Å². The van der Waals surface area contributed by atoms with Crippen LogP contribution in [0.3, 0.4) is 0 Å². The van der Waals surface area contributed by atoms with E-state index in [1.54, 1.807) is 11.8 Å². The molecule has 100 valence electrons. The smallest absolute Gasteiger partial charge is 0.0992 e. The summed E-state index contributed by atoms with van der Waals surface area (Å²) in [5.41, 5.74) is 3.10. The SMILES string of the molecule is N#Cc1ccc2c(c1)N(CCCBr)c1ccccc1S2. The lowest BCUT2D eigenvalue weighted by Crippen LogP contribution is -2.22. The van der Waals surface area contributed by atoms with Gasteiger partial charge in [-0.05, 0) is 36.8 Å². The Morgan fingerprint density at radius 1 is 1.10 bits per heavy atom. The van der Waals surface area contributed by atoms with Gasteiger partial charge >= 0.3 is 0 Å². The van der Waals surface area contributed by atoms with Crippen molar-refractivity contribution in [3.63, 3.8) is 0 Å². The van der Waals surface area contributed by atoms with Gasteiger partial charge in [-0.3, -0.25) is 0 Å². The zero-order chi connectivity index (χ0) is 13.9. The predicted octanol–water partition coefficient (Wildman–Crippen LogP) is 4.95. The number of fused-ring (bicyclic) bond motifs is 2. The predicted molar refractivity (Wildman–Crippen MR) is 87.1 cm³/mol. The number of para-hydroxylation sites is 1. The van der Waals surface area contributed by atoms with Gasteiger partial charge in [0.1, 0.15) is 0 Å². The fourth-order valence-electron chi connectivity index (χ4n) is 2.36. The molecule has 1 heterocycles. The highest BCUT2D eigenvalue weighted by atomic mass is 79.9. The Labute approximate surface area is 131 Å². The minimum Gasteiger partial charge on any atom is -0.340 e. The summed E-state index contributed by atoms with van der Waals surface area (Å²) in [5.74, 6) is 0. The minimum atomic E-state index is 0.715. The third-order valence-electron chi connectivity index (χ3n) is 3.27. The molecule has 0 amide bonds. The summed E-state index contributed by atoms with van der Waals surface area (Å²) in [5, 5.41) is 10.1. The molecule has 1 aliphatic heterocycles. The van der Waals surface area contributed by atoms with E-state index in [9.17, 15) is 0 Å². The van der Waals surface area contributed by atoms with Gasteiger partial charge < -0.3 is 4.90 Å². The molecule has 1 aliphatic rings. The fourth-order valence-corrected chi connectivity index (χ4v) is 3.68. The molecule has 0 saturated heterocycles. The van der Waals surface area contributed by atoms with Gasteiger partial charge in [-0.1, -0.05) is 39.8 Å². The summed E-state index contributed by atoms with van der Waals surface area (Å²) >= 11 is 5.28. The Balaban J connectivity index is 2.09. The summed E-state index contributed by atoms with van der Waals surface area (Å²) in [6.45, 7) is 0.949. The second-order valence-corrected chi connectivity index (χ2v) is 6.44. The van der Waals surface area contributed by atoms with Crippen LogP contribution < -0.4 is 4.90 Å². The van der Waals surface area contributed by atoms with Crippen LogP contribution in [0.25, 0.3) is 0 Å². The van der Waals surface area contributed by atoms with Gasteiger partial charge in [0.2, 0.25) is 0 Å². The highest BCUT2D eigenvalue weighted by molar-refractivity contribution is 9.09. The van der Waals surface area contributed by atoms with Crippen molar-refractivity contribution in [2.75, 3.05) is 16.8 Å². The second kappa shape index (κ2) is 5.90. The topological polar surface area (TPSA) is 27.0 Å². The van der Waals surface area contributed by atoms with E-state index >= 15 is 0 Å². The van der Waals surface area contributed by atoms with E-state index in [0.717, 1.165) is 24.0 Å². The van der Waals surface area contributed by atoms with Crippen molar-refractivity contribution in [2.24, 2.45) is 0 Å². The molecule has 0 spiro atoms. The van der Waals surface area contributed by atoms with Crippen molar-refractivity contribution in [1.82, 2.24) is 0 Å². The molecule has 0 fully saturated rings. The molecule has 2 aromatic rings. The molecule has 20 heavy (non-hydrogen) atoms. The molecule has 0 saturated carbocycles. The summed E-state index contributed by atoms with van der Waals surface area (Å²) < 4.78 is 0. The van der Waals surface area contributed by atoms with E-state index in [2.05, 4.69) is 57.2 Å². The van der Waals surface area contributed by atoms with Gasteiger partial charge in [-0.25, -0.2) is 0 Å². The van der Waals surface area contributed by atoms with Crippen LogP contribution in [0, 0.1) is 11.3 Å². The first-order valence-corrected chi connectivity index (χ1v) is 8.42. The monoisotopic (exact) mass is 344 g/mol. The Morgan fingerprint density at radius 3 is 2.70 bits per heavy atom. The number of alkyl halides is 1. The van der Waals surface area contributed by atoms with Crippen LogP contribution in [0.4, 0.5) is 11.4 Å². The first-order valence-electron chi connectivity index (χ1n) is 6.48. The molecule has 0 unspecified atom stereocenters. The average molecular weight is 345 g/mol. The maximum atomic E-state index is 9.11. The standard InChI is InChI=1S/C16H13BrN2S/c17-8-3-9-19-13-4-1-2-5-15(13)20-16-7-6-12(11-18)10-14(16)19/h1-2,4-7,10H,3,8-9H2. The zero-order valence-corrected chi connectivity index (χ0v) is 13.2. The molecular weight excluding hydrogens is 332 g/mol. The molecule has 0 aliphatic carbocycles. The van der Waals surface area contributed by atoms with Crippen molar-refractivity contribution in [3.8, 4) is 6.07 Å². The number of anilines is 2. The fraction of sp³-hybridized carbons (Fsp3) is 0.188. The lowest BCUT2D eigenvalue weighted by Gasteiger charge is -2.32. The Bertz CT molecular complexity index is 678. The number of benzene rings is 2. The molecule has 2 nitrogen and oxygen atoms in total. The van der Waals surface area contributed by atoms with Crippen LogP contribution in [-0.4, -0.2) is 11.9 Å². The zero-order valence-electron chi connectivity index (χ0n) is 10.8. The molecule has 3 rings (SSSR count). The number of nitriles is 1. The quantitative estimate of drug-likeness (QED) is 0.737. The van der Waals surface area contributed by atoms with Crippen molar-refractivity contribution in [1.29, 1.82) is 5.26 Å². The molecule has 0 radical (unpaired) electrons. The van der Waals surface area contributed by atoms with E-state index < -0.39 is 0 Å². The van der Waals surface area contributed by atoms with Gasteiger partial charge in [0.05, 0.1) is 23.0 Å². The van der Waals surface area contributed by atoms with Crippen LogP contribution in [0.2, 0.25) is 0 Å². The lowest BCUT2D eigenvalue weighted by atomic mass is 10.1. The normalized spacial score (nSPS) is 12.5. The van der Waals surface area contributed by atoms with Crippen LogP contribution in [0.5, 0.6) is 0 Å². The number of hydrogen-bond acceptors (Lipinski definition) is 3. The first-order chi connectivity index (χ1) is 9.83. The van der Waals surface area contributed by atoms with Gasteiger partial charge in [-0.15, -0.1) is 0 Å². The van der Waals surface area contributed by atoms with Crippen molar-refractivity contribution >= 4 is 39.1 Å². The van der Waals surface area contributed by atoms with Crippen LogP contribution in [0.1, 0.15) is 12.0 Å². The van der Waals surface area contributed by atoms with E-state index in [4.69, 9.17) is 5.26 Å². The van der Waals surface area contributed by atoms with Crippen LogP contribution in [0.15, 0.2) is 52.3 Å². The molecule has 0 bridgehead atoms. The molecule has 0 atom stereocenters. The van der Waals surface area contributed by atoms with Crippen LogP contribution >= 0.6 is 27.7 Å². The summed E-state index contributed by atoms with van der Waals surface area (Å²) in [6.07, 6.45) is 1.06. The van der Waals surface area contributed by atoms with Gasteiger partial charge in [0.15, 0.2) is 0 Å². The third-order valence-corrected chi connectivity index (χ3v) is 4.96. The summed E-state index contributed by atoms with van der Waals surface area (Å²) in [4.78, 5) is 4.82. The molecule has 2 aromatic carbocycles. The average Bonchev–Trinajstić information content (AvgIpc) is 2.51. The second-order valence-electron chi connectivity index (χ2n) is 4.56. The summed E-state index contributed by atoms with van der Waals surface area (Å²) in [7, 11) is 0. The third kappa shape index (κ3) is 2.44. The molecule has 4 heteroatoms. The Kier molecular flexibility index (Phi) is 4.00.